The van der Waals surface area contributed by atoms with Gasteiger partial charge in [0.15, 0.2) is 0 Å². The lowest BCUT2D eigenvalue weighted by atomic mass is 10.2. The van der Waals surface area contributed by atoms with Crippen molar-refractivity contribution < 1.29 is 4.74 Å². The van der Waals surface area contributed by atoms with Gasteiger partial charge in [0.25, 0.3) is 0 Å². The summed E-state index contributed by atoms with van der Waals surface area (Å²) in [5.41, 5.74) is 1.20. The number of hydrogen-bond donors (Lipinski definition) is 1. The molecule has 1 saturated heterocycles. The van der Waals surface area contributed by atoms with Gasteiger partial charge < -0.3 is 10.1 Å². The minimum Gasteiger partial charge on any atom is -0.372 e. The molecule has 1 aromatic rings. The molecule has 1 fully saturated rings. The summed E-state index contributed by atoms with van der Waals surface area (Å²) in [5, 5.41) is 5.41. The van der Waals surface area contributed by atoms with E-state index in [1.165, 1.54) is 5.56 Å². The first-order chi connectivity index (χ1) is 6.36. The Morgan fingerprint density at radius 3 is 3.31 bits per heavy atom. The lowest BCUT2D eigenvalue weighted by molar-refractivity contribution is 0.0672. The van der Waals surface area contributed by atoms with Crippen molar-refractivity contribution in [1.82, 2.24) is 5.32 Å². The Morgan fingerprint density at radius 1 is 1.62 bits per heavy atom. The van der Waals surface area contributed by atoms with Crippen LogP contribution in [0.25, 0.3) is 0 Å². The van der Waals surface area contributed by atoms with Crippen molar-refractivity contribution in [3.63, 3.8) is 0 Å². The van der Waals surface area contributed by atoms with Gasteiger partial charge in [0.1, 0.15) is 0 Å². The second-order valence-corrected chi connectivity index (χ2v) is 4.64. The highest BCUT2D eigenvalue weighted by molar-refractivity contribution is 7.14. The van der Waals surface area contributed by atoms with Gasteiger partial charge in [0.2, 0.25) is 0 Å². The molecule has 1 unspecified atom stereocenters. The average Bonchev–Trinajstić information content (AvgIpc) is 2.43. The Bertz CT molecular complexity index is 268. The Kier molecular flexibility index (Phi) is 3.22. The highest BCUT2D eigenvalue weighted by Gasteiger charge is 2.15. The van der Waals surface area contributed by atoms with Gasteiger partial charge in [0.05, 0.1) is 10.4 Å². The zero-order valence-electron chi connectivity index (χ0n) is 7.25. The van der Waals surface area contributed by atoms with Crippen molar-refractivity contribution in [3.05, 3.63) is 21.3 Å². The van der Waals surface area contributed by atoms with E-state index >= 15 is 0 Å². The van der Waals surface area contributed by atoms with Crippen LogP contribution in [0, 0.1) is 0 Å². The zero-order valence-corrected chi connectivity index (χ0v) is 8.83. The standard InChI is InChI=1S/C9H12ClNOS/c10-9-4-7(6-13-9)8-5-11-2-1-3-12-8/h4,6,8,11H,1-3,5H2. The van der Waals surface area contributed by atoms with E-state index in [9.17, 15) is 0 Å². The maximum Gasteiger partial charge on any atom is 0.0957 e. The summed E-state index contributed by atoms with van der Waals surface area (Å²) in [6, 6.07) is 1.99. The van der Waals surface area contributed by atoms with Crippen LogP contribution in [0.3, 0.4) is 0 Å². The molecule has 1 aliphatic heterocycles. The molecule has 13 heavy (non-hydrogen) atoms. The highest BCUT2D eigenvalue weighted by atomic mass is 35.5. The van der Waals surface area contributed by atoms with Crippen molar-refractivity contribution in [1.29, 1.82) is 0 Å². The van der Waals surface area contributed by atoms with Crippen LogP contribution < -0.4 is 5.32 Å². The first-order valence-electron chi connectivity index (χ1n) is 4.42. The predicted molar refractivity (Wildman–Crippen MR) is 55.5 cm³/mol. The number of rotatable bonds is 1. The van der Waals surface area contributed by atoms with E-state index in [4.69, 9.17) is 16.3 Å². The lowest BCUT2D eigenvalue weighted by Crippen LogP contribution is -2.19. The summed E-state index contributed by atoms with van der Waals surface area (Å²) in [6.45, 7) is 2.78. The third-order valence-corrected chi connectivity index (χ3v) is 3.22. The summed E-state index contributed by atoms with van der Waals surface area (Å²) >= 11 is 7.43. The number of nitrogens with one attached hydrogen (secondary N) is 1. The highest BCUT2D eigenvalue weighted by Crippen LogP contribution is 2.27. The summed E-state index contributed by atoms with van der Waals surface area (Å²) in [5.74, 6) is 0. The topological polar surface area (TPSA) is 21.3 Å². The van der Waals surface area contributed by atoms with Gasteiger partial charge >= 0.3 is 0 Å². The maximum atomic E-state index is 5.86. The van der Waals surface area contributed by atoms with Crippen molar-refractivity contribution in [2.75, 3.05) is 19.7 Å². The number of halogens is 1. The molecule has 0 aromatic carbocycles. The van der Waals surface area contributed by atoms with E-state index in [2.05, 4.69) is 10.7 Å². The molecule has 2 nitrogen and oxygen atoms in total. The number of hydrogen-bond acceptors (Lipinski definition) is 3. The van der Waals surface area contributed by atoms with Gasteiger partial charge in [-0.15, -0.1) is 11.3 Å². The van der Waals surface area contributed by atoms with E-state index < -0.39 is 0 Å². The molecule has 0 bridgehead atoms. The van der Waals surface area contributed by atoms with E-state index in [0.717, 1.165) is 30.5 Å². The molecule has 4 heteroatoms. The van der Waals surface area contributed by atoms with Gasteiger partial charge in [-0.1, -0.05) is 11.6 Å². The normalized spacial score (nSPS) is 24.2. The molecular weight excluding hydrogens is 206 g/mol. The molecule has 1 aromatic heterocycles. The van der Waals surface area contributed by atoms with E-state index in [1.54, 1.807) is 11.3 Å². The monoisotopic (exact) mass is 217 g/mol. The van der Waals surface area contributed by atoms with Gasteiger partial charge in [-0.2, -0.15) is 0 Å². The SMILES string of the molecule is Clc1cc(C2CNCCCO2)cs1. The fourth-order valence-electron chi connectivity index (χ4n) is 1.42. The van der Waals surface area contributed by atoms with Crippen LogP contribution >= 0.6 is 22.9 Å². The fourth-order valence-corrected chi connectivity index (χ4v) is 2.35. The van der Waals surface area contributed by atoms with Crippen LogP contribution in [0.5, 0.6) is 0 Å². The molecule has 0 saturated carbocycles. The first-order valence-corrected chi connectivity index (χ1v) is 5.68. The van der Waals surface area contributed by atoms with Crippen LogP contribution in [-0.4, -0.2) is 19.7 Å². The molecule has 0 amide bonds. The van der Waals surface area contributed by atoms with Gasteiger partial charge in [-0.3, -0.25) is 0 Å². The summed E-state index contributed by atoms with van der Waals surface area (Å²) in [6.07, 6.45) is 1.28. The van der Waals surface area contributed by atoms with Crippen LogP contribution in [-0.2, 0) is 4.74 Å². The van der Waals surface area contributed by atoms with Gasteiger partial charge in [-0.05, 0) is 30.0 Å². The van der Waals surface area contributed by atoms with E-state index in [1.807, 2.05) is 6.07 Å². The molecule has 2 heterocycles. The molecule has 1 aliphatic rings. The Labute approximate surface area is 86.9 Å². The third kappa shape index (κ3) is 2.44. The molecule has 0 aliphatic carbocycles. The van der Waals surface area contributed by atoms with Crippen molar-refractivity contribution in [2.45, 2.75) is 12.5 Å². The van der Waals surface area contributed by atoms with E-state index in [-0.39, 0.29) is 6.10 Å². The Balaban J connectivity index is 2.06. The van der Waals surface area contributed by atoms with Crippen LogP contribution in [0.1, 0.15) is 18.1 Å². The molecule has 1 atom stereocenters. The second-order valence-electron chi connectivity index (χ2n) is 3.10. The minimum absolute atomic E-state index is 0.186. The first kappa shape index (κ1) is 9.46. The number of ether oxygens (including phenoxy) is 1. The molecular formula is C9H12ClNOS. The van der Waals surface area contributed by atoms with E-state index in [0.29, 0.717) is 0 Å². The minimum atomic E-state index is 0.186. The second kappa shape index (κ2) is 4.42. The fraction of sp³-hybridized carbons (Fsp3) is 0.556. The van der Waals surface area contributed by atoms with Crippen molar-refractivity contribution in [2.24, 2.45) is 0 Å². The Hall–Kier alpha value is -0.0900. The number of thiophene rings is 1. The smallest absolute Gasteiger partial charge is 0.0957 e. The summed E-state index contributed by atoms with van der Waals surface area (Å²) in [7, 11) is 0. The van der Waals surface area contributed by atoms with Gasteiger partial charge in [-0.25, -0.2) is 0 Å². The molecule has 0 spiro atoms. The molecule has 72 valence electrons. The van der Waals surface area contributed by atoms with Crippen molar-refractivity contribution in [3.8, 4) is 0 Å². The molecule has 1 N–H and O–H groups in total. The summed E-state index contributed by atoms with van der Waals surface area (Å²) in [4.78, 5) is 0. The van der Waals surface area contributed by atoms with Crippen molar-refractivity contribution >= 4 is 22.9 Å². The van der Waals surface area contributed by atoms with Gasteiger partial charge in [0, 0.05) is 13.2 Å². The quantitative estimate of drug-likeness (QED) is 0.781. The van der Waals surface area contributed by atoms with Crippen LogP contribution in [0.15, 0.2) is 11.4 Å². The summed E-state index contributed by atoms with van der Waals surface area (Å²) < 4.78 is 6.52. The van der Waals surface area contributed by atoms with Crippen LogP contribution in [0.4, 0.5) is 0 Å². The zero-order chi connectivity index (χ0) is 9.10. The molecule has 0 radical (unpaired) electrons. The third-order valence-electron chi connectivity index (χ3n) is 2.11. The average molecular weight is 218 g/mol. The predicted octanol–water partition coefficient (Wildman–Crippen LogP) is 2.45. The lowest BCUT2D eigenvalue weighted by Gasteiger charge is -2.12. The maximum absolute atomic E-state index is 5.86. The van der Waals surface area contributed by atoms with Crippen LogP contribution in [0.2, 0.25) is 4.34 Å². The largest absolute Gasteiger partial charge is 0.372 e. The molecule has 2 rings (SSSR count). The Morgan fingerprint density at radius 2 is 2.54 bits per heavy atom.